The largest absolute Gasteiger partial charge is 0.369 e. The van der Waals surface area contributed by atoms with Gasteiger partial charge >= 0.3 is 0 Å². The van der Waals surface area contributed by atoms with E-state index in [1.165, 1.54) is 5.69 Å². The summed E-state index contributed by atoms with van der Waals surface area (Å²) in [6, 6.07) is 8.39. The van der Waals surface area contributed by atoms with Gasteiger partial charge in [0.2, 0.25) is 11.8 Å². The third-order valence-corrected chi connectivity index (χ3v) is 4.99. The van der Waals surface area contributed by atoms with Crippen LogP contribution in [0.1, 0.15) is 26.2 Å². The molecule has 1 saturated carbocycles. The first-order valence-corrected chi connectivity index (χ1v) is 9.13. The summed E-state index contributed by atoms with van der Waals surface area (Å²) in [5, 5.41) is 2.93. The van der Waals surface area contributed by atoms with E-state index in [0.29, 0.717) is 19.0 Å². The van der Waals surface area contributed by atoms with Crippen LogP contribution in [0.5, 0.6) is 0 Å². The van der Waals surface area contributed by atoms with Crippen molar-refractivity contribution in [1.82, 2.24) is 9.80 Å². The molecule has 1 aromatic rings. The van der Waals surface area contributed by atoms with E-state index in [1.807, 2.05) is 17.0 Å². The van der Waals surface area contributed by atoms with E-state index in [1.54, 1.807) is 6.92 Å². The number of anilines is 2. The van der Waals surface area contributed by atoms with E-state index in [4.69, 9.17) is 0 Å². The van der Waals surface area contributed by atoms with Gasteiger partial charge in [-0.05, 0) is 44.2 Å². The highest BCUT2D eigenvalue weighted by Gasteiger charge is 2.30. The SMILES string of the molecule is CC(=O)N(CCC(=O)Nc1ccc(N2CCN(C)CC2)cc1)C1CC1. The number of amides is 2. The van der Waals surface area contributed by atoms with Gasteiger partial charge in [-0.15, -0.1) is 0 Å². The Morgan fingerprint density at radius 3 is 2.32 bits per heavy atom. The van der Waals surface area contributed by atoms with Crippen molar-refractivity contribution in [1.29, 1.82) is 0 Å². The van der Waals surface area contributed by atoms with Gasteiger partial charge in [-0.1, -0.05) is 0 Å². The quantitative estimate of drug-likeness (QED) is 0.855. The van der Waals surface area contributed by atoms with Crippen LogP contribution in [0, 0.1) is 0 Å². The van der Waals surface area contributed by atoms with Gasteiger partial charge in [0.25, 0.3) is 0 Å². The Balaban J connectivity index is 1.47. The van der Waals surface area contributed by atoms with Gasteiger partial charge in [-0.2, -0.15) is 0 Å². The minimum absolute atomic E-state index is 0.0424. The minimum atomic E-state index is -0.0424. The van der Waals surface area contributed by atoms with E-state index in [9.17, 15) is 9.59 Å². The van der Waals surface area contributed by atoms with Gasteiger partial charge < -0.3 is 20.0 Å². The maximum Gasteiger partial charge on any atom is 0.226 e. The maximum absolute atomic E-state index is 12.1. The highest BCUT2D eigenvalue weighted by atomic mass is 16.2. The summed E-state index contributed by atoms with van der Waals surface area (Å²) >= 11 is 0. The molecular weight excluding hydrogens is 316 g/mol. The predicted molar refractivity (Wildman–Crippen MR) is 99.8 cm³/mol. The van der Waals surface area contributed by atoms with Gasteiger partial charge in [0, 0.05) is 63.5 Å². The van der Waals surface area contributed by atoms with Crippen molar-refractivity contribution in [2.24, 2.45) is 0 Å². The Hall–Kier alpha value is -2.08. The fourth-order valence-corrected chi connectivity index (χ4v) is 3.25. The first-order chi connectivity index (χ1) is 12.0. The summed E-state index contributed by atoms with van der Waals surface area (Å²) in [6.45, 7) is 6.30. The minimum Gasteiger partial charge on any atom is -0.369 e. The Bertz CT molecular complexity index is 604. The molecule has 6 heteroatoms. The van der Waals surface area contributed by atoms with E-state index in [0.717, 1.165) is 44.7 Å². The zero-order valence-corrected chi connectivity index (χ0v) is 15.2. The number of carbonyl (C=O) groups excluding carboxylic acids is 2. The van der Waals surface area contributed by atoms with Crippen LogP contribution in [0.4, 0.5) is 11.4 Å². The number of hydrogen-bond acceptors (Lipinski definition) is 4. The molecule has 0 aromatic heterocycles. The number of nitrogens with zero attached hydrogens (tertiary/aromatic N) is 3. The van der Waals surface area contributed by atoms with Crippen molar-refractivity contribution in [3.63, 3.8) is 0 Å². The van der Waals surface area contributed by atoms with E-state index in [2.05, 4.69) is 34.3 Å². The van der Waals surface area contributed by atoms with Crippen molar-refractivity contribution < 1.29 is 9.59 Å². The van der Waals surface area contributed by atoms with Crippen LogP contribution in [-0.2, 0) is 9.59 Å². The van der Waals surface area contributed by atoms with Gasteiger partial charge in [-0.3, -0.25) is 9.59 Å². The number of likely N-dealkylation sites (N-methyl/N-ethyl adjacent to an activating group) is 1. The number of carbonyl (C=O) groups is 2. The van der Waals surface area contributed by atoms with Crippen LogP contribution in [0.2, 0.25) is 0 Å². The van der Waals surface area contributed by atoms with Crippen LogP contribution in [0.15, 0.2) is 24.3 Å². The molecule has 136 valence electrons. The van der Waals surface area contributed by atoms with Crippen LogP contribution in [0.25, 0.3) is 0 Å². The van der Waals surface area contributed by atoms with Crippen LogP contribution in [-0.4, -0.2) is 67.4 Å². The summed E-state index contributed by atoms with van der Waals surface area (Å²) in [5.74, 6) is 0.0195. The van der Waals surface area contributed by atoms with Crippen molar-refractivity contribution in [3.05, 3.63) is 24.3 Å². The molecule has 0 unspecified atom stereocenters. The molecule has 2 aliphatic rings. The summed E-state index contributed by atoms with van der Waals surface area (Å²) in [4.78, 5) is 30.2. The fourth-order valence-electron chi connectivity index (χ4n) is 3.25. The normalized spacial score (nSPS) is 18.1. The summed E-state index contributed by atoms with van der Waals surface area (Å²) in [6.07, 6.45) is 2.47. The van der Waals surface area contributed by atoms with E-state index in [-0.39, 0.29) is 11.8 Å². The van der Waals surface area contributed by atoms with Crippen LogP contribution in [0.3, 0.4) is 0 Å². The fraction of sp³-hybridized carbons (Fsp3) is 0.579. The lowest BCUT2D eigenvalue weighted by molar-refractivity contribution is -0.129. The van der Waals surface area contributed by atoms with E-state index >= 15 is 0 Å². The zero-order chi connectivity index (χ0) is 17.8. The predicted octanol–water partition coefficient (Wildman–Crippen LogP) is 1.78. The van der Waals surface area contributed by atoms with Crippen LogP contribution >= 0.6 is 0 Å². The average molecular weight is 344 g/mol. The topological polar surface area (TPSA) is 55.9 Å². The molecule has 0 atom stereocenters. The highest BCUT2D eigenvalue weighted by molar-refractivity contribution is 5.91. The number of piperazine rings is 1. The molecule has 1 heterocycles. The second-order valence-corrected chi connectivity index (χ2v) is 7.08. The smallest absolute Gasteiger partial charge is 0.226 e. The average Bonchev–Trinajstić information content (AvgIpc) is 3.41. The Morgan fingerprint density at radius 1 is 1.12 bits per heavy atom. The monoisotopic (exact) mass is 344 g/mol. The Labute approximate surface area is 149 Å². The third-order valence-electron chi connectivity index (χ3n) is 4.99. The standard InChI is InChI=1S/C19H28N4O2/c1-15(24)23(18-7-8-18)10-9-19(25)20-16-3-5-17(6-4-16)22-13-11-21(2)12-14-22/h3-6,18H,7-14H2,1-2H3,(H,20,25). The van der Waals surface area contributed by atoms with Crippen molar-refractivity contribution in [3.8, 4) is 0 Å². The van der Waals surface area contributed by atoms with Gasteiger partial charge in [-0.25, -0.2) is 0 Å². The second kappa shape index (κ2) is 7.87. The molecule has 2 fully saturated rings. The summed E-state index contributed by atoms with van der Waals surface area (Å²) < 4.78 is 0. The lowest BCUT2D eigenvalue weighted by atomic mass is 10.2. The number of hydrogen-bond donors (Lipinski definition) is 1. The van der Waals surface area contributed by atoms with Gasteiger partial charge in [0.1, 0.15) is 0 Å². The Morgan fingerprint density at radius 2 is 1.76 bits per heavy atom. The zero-order valence-electron chi connectivity index (χ0n) is 15.2. The number of nitrogens with one attached hydrogen (secondary N) is 1. The molecule has 3 rings (SSSR count). The second-order valence-electron chi connectivity index (χ2n) is 7.08. The summed E-state index contributed by atoms with van der Waals surface area (Å²) in [7, 11) is 2.15. The lowest BCUT2D eigenvalue weighted by Gasteiger charge is -2.34. The molecule has 1 aromatic carbocycles. The molecule has 1 saturated heterocycles. The first-order valence-electron chi connectivity index (χ1n) is 9.13. The van der Waals surface area contributed by atoms with E-state index < -0.39 is 0 Å². The molecule has 2 amide bonds. The number of benzene rings is 1. The molecule has 6 nitrogen and oxygen atoms in total. The molecular formula is C19H28N4O2. The molecule has 0 radical (unpaired) electrons. The Kier molecular flexibility index (Phi) is 5.58. The maximum atomic E-state index is 12.1. The third kappa shape index (κ3) is 4.95. The molecule has 0 spiro atoms. The lowest BCUT2D eigenvalue weighted by Crippen LogP contribution is -2.44. The summed E-state index contributed by atoms with van der Waals surface area (Å²) in [5.41, 5.74) is 2.01. The number of rotatable bonds is 6. The van der Waals surface area contributed by atoms with Crippen molar-refractivity contribution >= 4 is 23.2 Å². The van der Waals surface area contributed by atoms with Crippen molar-refractivity contribution in [2.45, 2.75) is 32.2 Å². The molecule has 1 N–H and O–H groups in total. The van der Waals surface area contributed by atoms with Crippen LogP contribution < -0.4 is 10.2 Å². The molecule has 1 aliphatic carbocycles. The molecule has 1 aliphatic heterocycles. The molecule has 25 heavy (non-hydrogen) atoms. The van der Waals surface area contributed by atoms with Gasteiger partial charge in [0.15, 0.2) is 0 Å². The molecule has 0 bridgehead atoms. The van der Waals surface area contributed by atoms with Gasteiger partial charge in [0.05, 0.1) is 0 Å². The van der Waals surface area contributed by atoms with Crippen molar-refractivity contribution in [2.75, 3.05) is 50.0 Å². The first kappa shape index (κ1) is 17.7. The highest BCUT2D eigenvalue weighted by Crippen LogP contribution is 2.27.